The molecule has 47 heavy (non-hydrogen) atoms. The smallest absolute Gasteiger partial charge is 0.323 e. The fourth-order valence-corrected chi connectivity index (χ4v) is 6.75. The molecule has 0 aromatic carbocycles. The third-order valence-corrected chi connectivity index (χ3v) is 9.94. The van der Waals surface area contributed by atoms with Gasteiger partial charge in [-0.05, 0) is 33.2 Å². The Balaban J connectivity index is 3.78. The molecular weight excluding hydrogens is 580 g/mol. The van der Waals surface area contributed by atoms with Gasteiger partial charge in [0.1, 0.15) is 6.04 Å². The van der Waals surface area contributed by atoms with Gasteiger partial charge in [-0.15, -0.1) is 0 Å². The lowest BCUT2D eigenvalue weighted by Gasteiger charge is -2.26. The third kappa shape index (κ3) is 33.2. The first-order valence-electron chi connectivity index (χ1n) is 21.2. The van der Waals surface area contributed by atoms with Crippen LogP contribution in [0.3, 0.4) is 0 Å². The van der Waals surface area contributed by atoms with Crippen LogP contribution in [0.2, 0.25) is 0 Å². The molecule has 5 heteroatoms. The van der Waals surface area contributed by atoms with Gasteiger partial charge in [0.05, 0.1) is 6.61 Å². The highest BCUT2D eigenvalue weighted by atomic mass is 16.5. The molecule has 280 valence electrons. The number of carbonyl (C=O) groups is 2. The first kappa shape index (κ1) is 45.9. The molecule has 0 aliphatic heterocycles. The van der Waals surface area contributed by atoms with Crippen LogP contribution in [0.1, 0.15) is 226 Å². The molecule has 0 aliphatic rings. The van der Waals surface area contributed by atoms with Crippen LogP contribution in [-0.4, -0.2) is 49.6 Å². The van der Waals surface area contributed by atoms with E-state index in [0.29, 0.717) is 19.6 Å². The van der Waals surface area contributed by atoms with E-state index in [-0.39, 0.29) is 17.9 Å². The molecule has 0 aromatic rings. The van der Waals surface area contributed by atoms with E-state index in [2.05, 4.69) is 24.1 Å². The van der Waals surface area contributed by atoms with Crippen LogP contribution < -0.4 is 5.32 Å². The van der Waals surface area contributed by atoms with Crippen molar-refractivity contribution in [1.29, 1.82) is 0 Å². The zero-order valence-electron chi connectivity index (χ0n) is 32.5. The van der Waals surface area contributed by atoms with E-state index < -0.39 is 0 Å². The van der Waals surface area contributed by atoms with Crippen molar-refractivity contribution in [3.63, 3.8) is 0 Å². The molecule has 5 nitrogen and oxygen atoms in total. The molecule has 1 N–H and O–H groups in total. The van der Waals surface area contributed by atoms with Crippen LogP contribution in [0.25, 0.3) is 0 Å². The second-order valence-electron chi connectivity index (χ2n) is 14.5. The minimum Gasteiger partial charge on any atom is -0.465 e. The number of rotatable bonds is 38. The molecule has 0 spiro atoms. The summed E-state index contributed by atoms with van der Waals surface area (Å²) in [5.74, 6) is 0.0774. The van der Waals surface area contributed by atoms with Gasteiger partial charge in [-0.2, -0.15) is 0 Å². The number of unbranched alkanes of at least 4 members (excludes halogenated alkanes) is 27. The first-order valence-corrected chi connectivity index (χ1v) is 21.2. The number of hydrogen-bond donors (Lipinski definition) is 1. The molecular formula is C42H84N2O3. The summed E-state index contributed by atoms with van der Waals surface area (Å²) in [4.78, 5) is 27.1. The minimum absolute atomic E-state index is 0.0955. The second-order valence-corrected chi connectivity index (χ2v) is 14.5. The van der Waals surface area contributed by atoms with Crippen LogP contribution in [0, 0.1) is 0 Å². The normalized spacial score (nSPS) is 12.1. The number of esters is 1. The van der Waals surface area contributed by atoms with E-state index in [1.54, 1.807) is 0 Å². The van der Waals surface area contributed by atoms with Gasteiger partial charge in [0.2, 0.25) is 5.91 Å². The van der Waals surface area contributed by atoms with E-state index in [1.165, 1.54) is 167 Å². The zero-order chi connectivity index (χ0) is 34.5. The van der Waals surface area contributed by atoms with Crippen molar-refractivity contribution >= 4 is 11.9 Å². The summed E-state index contributed by atoms with van der Waals surface area (Å²) >= 11 is 0. The lowest BCUT2D eigenvalue weighted by atomic mass is 10.0. The van der Waals surface area contributed by atoms with E-state index in [4.69, 9.17) is 4.74 Å². The van der Waals surface area contributed by atoms with E-state index >= 15 is 0 Å². The van der Waals surface area contributed by atoms with Crippen molar-refractivity contribution in [2.45, 2.75) is 232 Å². The standard InChI is InChI=1S/C42H84N2O3/c1-5-8-10-12-14-16-18-20-22-24-26-28-30-32-34-37-41(45)43-38-35-39-44(4)40(42(46)47-7-3)36-33-31-29-27-25-23-21-19-17-15-13-11-9-6-2/h40H,5-39H2,1-4H3,(H,43,45). The number of amides is 1. The second kappa shape index (κ2) is 37.7. The van der Waals surface area contributed by atoms with Crippen molar-refractivity contribution in [2.75, 3.05) is 26.7 Å². The summed E-state index contributed by atoms with van der Waals surface area (Å²) in [5.41, 5.74) is 0. The van der Waals surface area contributed by atoms with E-state index in [0.717, 1.165) is 38.6 Å². The third-order valence-electron chi connectivity index (χ3n) is 9.94. The Kier molecular flexibility index (Phi) is 36.8. The van der Waals surface area contributed by atoms with Crippen molar-refractivity contribution < 1.29 is 14.3 Å². The van der Waals surface area contributed by atoms with Gasteiger partial charge in [-0.25, -0.2) is 0 Å². The Morgan fingerprint density at radius 2 is 0.872 bits per heavy atom. The van der Waals surface area contributed by atoms with Gasteiger partial charge in [-0.1, -0.05) is 194 Å². The highest BCUT2D eigenvalue weighted by Gasteiger charge is 2.23. The number of hydrogen-bond acceptors (Lipinski definition) is 4. The van der Waals surface area contributed by atoms with Crippen molar-refractivity contribution in [2.24, 2.45) is 0 Å². The lowest BCUT2D eigenvalue weighted by molar-refractivity contribution is -0.149. The average molecular weight is 665 g/mol. The number of carbonyl (C=O) groups excluding carboxylic acids is 2. The van der Waals surface area contributed by atoms with Crippen molar-refractivity contribution in [3.05, 3.63) is 0 Å². The van der Waals surface area contributed by atoms with Crippen LogP contribution in [-0.2, 0) is 14.3 Å². The van der Waals surface area contributed by atoms with Gasteiger partial charge in [0.15, 0.2) is 0 Å². The zero-order valence-corrected chi connectivity index (χ0v) is 32.5. The molecule has 0 saturated carbocycles. The van der Waals surface area contributed by atoms with Gasteiger partial charge in [0, 0.05) is 19.5 Å². The Morgan fingerprint density at radius 3 is 1.26 bits per heavy atom. The minimum atomic E-state index is -0.178. The number of likely N-dealkylation sites (N-methyl/N-ethyl adjacent to an activating group) is 1. The quantitative estimate of drug-likeness (QED) is 0.0527. The summed E-state index contributed by atoms with van der Waals surface area (Å²) in [6.45, 7) is 8.35. The van der Waals surface area contributed by atoms with Crippen LogP contribution in [0.15, 0.2) is 0 Å². The number of nitrogens with one attached hydrogen (secondary N) is 1. The van der Waals surface area contributed by atoms with Gasteiger partial charge in [-0.3, -0.25) is 14.5 Å². The van der Waals surface area contributed by atoms with Crippen LogP contribution >= 0.6 is 0 Å². The fourth-order valence-electron chi connectivity index (χ4n) is 6.75. The molecule has 0 aliphatic carbocycles. The Labute approximate surface area is 294 Å². The molecule has 1 atom stereocenters. The maximum Gasteiger partial charge on any atom is 0.323 e. The molecule has 1 unspecified atom stereocenters. The molecule has 0 fully saturated rings. The van der Waals surface area contributed by atoms with E-state index in [1.807, 2.05) is 14.0 Å². The predicted molar refractivity (Wildman–Crippen MR) is 205 cm³/mol. The molecule has 0 saturated heterocycles. The monoisotopic (exact) mass is 665 g/mol. The Hall–Kier alpha value is -1.10. The first-order chi connectivity index (χ1) is 23.1. The average Bonchev–Trinajstić information content (AvgIpc) is 3.06. The van der Waals surface area contributed by atoms with Crippen molar-refractivity contribution in [1.82, 2.24) is 10.2 Å². The fraction of sp³-hybridized carbons (Fsp3) is 0.952. The van der Waals surface area contributed by atoms with Crippen molar-refractivity contribution in [3.8, 4) is 0 Å². The summed E-state index contributed by atoms with van der Waals surface area (Å²) in [7, 11) is 2.03. The maximum atomic E-state index is 12.7. The molecule has 1 amide bonds. The molecule has 0 rings (SSSR count). The van der Waals surface area contributed by atoms with E-state index in [9.17, 15) is 9.59 Å². The highest BCUT2D eigenvalue weighted by Crippen LogP contribution is 2.16. The summed E-state index contributed by atoms with van der Waals surface area (Å²) in [6.07, 6.45) is 41.3. The number of ether oxygens (including phenoxy) is 1. The molecule has 0 aromatic heterocycles. The van der Waals surface area contributed by atoms with Gasteiger partial charge < -0.3 is 10.1 Å². The SMILES string of the molecule is CCCCCCCCCCCCCCCCCC(=O)NCCCN(C)C(CCCCCCCCCCCCCCCC)C(=O)OCC. The summed E-state index contributed by atoms with van der Waals surface area (Å²) in [6, 6.07) is -0.178. The molecule has 0 radical (unpaired) electrons. The van der Waals surface area contributed by atoms with Gasteiger partial charge >= 0.3 is 5.97 Å². The predicted octanol–water partition coefficient (Wildman–Crippen LogP) is 12.5. The summed E-state index contributed by atoms with van der Waals surface area (Å²) in [5, 5.41) is 3.10. The summed E-state index contributed by atoms with van der Waals surface area (Å²) < 4.78 is 5.41. The lowest BCUT2D eigenvalue weighted by Crippen LogP contribution is -2.41. The Bertz CT molecular complexity index is 656. The van der Waals surface area contributed by atoms with Gasteiger partial charge in [0.25, 0.3) is 0 Å². The molecule has 0 heterocycles. The topological polar surface area (TPSA) is 58.6 Å². The largest absolute Gasteiger partial charge is 0.465 e. The number of nitrogens with zero attached hydrogens (tertiary/aromatic N) is 1. The highest BCUT2D eigenvalue weighted by molar-refractivity contribution is 5.76. The maximum absolute atomic E-state index is 12.7. The molecule has 0 bridgehead atoms. The Morgan fingerprint density at radius 1 is 0.511 bits per heavy atom. The van der Waals surface area contributed by atoms with Crippen LogP contribution in [0.5, 0.6) is 0 Å². The van der Waals surface area contributed by atoms with Crippen LogP contribution in [0.4, 0.5) is 0 Å².